The summed E-state index contributed by atoms with van der Waals surface area (Å²) in [5.41, 5.74) is 5.80. The molecule has 3 aromatic rings. The number of Topliss-reactive ketones (excluding diaryl/α,β-unsaturated/α-hetero) is 1. The maximum absolute atomic E-state index is 11.7. The zero-order valence-corrected chi connectivity index (χ0v) is 21.8. The molecule has 1 saturated carbocycles. The van der Waals surface area contributed by atoms with Crippen LogP contribution in [0.25, 0.3) is 11.3 Å². The molecule has 0 radical (unpaired) electrons. The van der Waals surface area contributed by atoms with E-state index in [4.69, 9.17) is 9.72 Å². The average Bonchev–Trinajstić information content (AvgIpc) is 3.40. The Hall–Kier alpha value is -3.19. The Morgan fingerprint density at radius 3 is 2.53 bits per heavy atom. The molecule has 5 rings (SSSR count). The van der Waals surface area contributed by atoms with E-state index in [1.807, 2.05) is 37.3 Å². The van der Waals surface area contributed by atoms with Crippen LogP contribution in [0.3, 0.4) is 0 Å². The Labute approximate surface area is 215 Å². The monoisotopic (exact) mass is 504 g/mol. The summed E-state index contributed by atoms with van der Waals surface area (Å²) >= 11 is 1.64. The van der Waals surface area contributed by atoms with Crippen molar-refractivity contribution < 1.29 is 19.4 Å². The van der Waals surface area contributed by atoms with Crippen molar-refractivity contribution in [2.24, 2.45) is 17.8 Å². The number of thiazole rings is 1. The lowest BCUT2D eigenvalue weighted by molar-refractivity contribution is -0.138. The third kappa shape index (κ3) is 5.03. The topological polar surface area (TPSA) is 79.7 Å². The Morgan fingerprint density at radius 2 is 1.86 bits per heavy atom. The first-order valence-electron chi connectivity index (χ1n) is 12.5. The summed E-state index contributed by atoms with van der Waals surface area (Å²) in [5, 5.41) is 12.4. The first-order chi connectivity index (χ1) is 17.3. The molecule has 6 nitrogen and oxygen atoms in total. The van der Waals surface area contributed by atoms with E-state index in [0.717, 1.165) is 64.8 Å². The standard InChI is InChI=1S/C29H32N2O4S/c1-17-4-9-27(35-15-23-8-5-20(19(3)32)11-18(23)2)25(10-17)26-16-36-29(30-26)31-13-21-6-7-22(14-31)24(21)12-28(33)34/h4-5,8-11,16,21-22,24H,6-7,12-15H2,1-3H3,(H,33,34)/t21-,22+,24?. The van der Waals surface area contributed by atoms with Gasteiger partial charge in [0.1, 0.15) is 12.4 Å². The Morgan fingerprint density at radius 1 is 1.11 bits per heavy atom. The van der Waals surface area contributed by atoms with Crippen molar-refractivity contribution in [1.82, 2.24) is 4.98 Å². The molecule has 1 unspecified atom stereocenters. The first-order valence-corrected chi connectivity index (χ1v) is 13.4. The van der Waals surface area contributed by atoms with Gasteiger partial charge in [0.15, 0.2) is 10.9 Å². The summed E-state index contributed by atoms with van der Waals surface area (Å²) in [7, 11) is 0. The molecule has 3 atom stereocenters. The van der Waals surface area contributed by atoms with Crippen LogP contribution in [0.5, 0.6) is 5.75 Å². The van der Waals surface area contributed by atoms with Gasteiger partial charge in [-0.2, -0.15) is 0 Å². The van der Waals surface area contributed by atoms with Crippen molar-refractivity contribution >= 4 is 28.2 Å². The van der Waals surface area contributed by atoms with E-state index in [2.05, 4.69) is 23.3 Å². The number of piperidine rings is 1. The van der Waals surface area contributed by atoms with Crippen molar-refractivity contribution in [3.05, 3.63) is 64.0 Å². The summed E-state index contributed by atoms with van der Waals surface area (Å²) in [6.45, 7) is 7.82. The van der Waals surface area contributed by atoms with Crippen molar-refractivity contribution in [2.45, 2.75) is 46.6 Å². The molecule has 0 amide bonds. The largest absolute Gasteiger partial charge is 0.488 e. The summed E-state index contributed by atoms with van der Waals surface area (Å²) in [4.78, 5) is 30.3. The van der Waals surface area contributed by atoms with Gasteiger partial charge in [-0.25, -0.2) is 4.98 Å². The normalized spacial score (nSPS) is 21.0. The van der Waals surface area contributed by atoms with Crippen LogP contribution in [0.4, 0.5) is 5.13 Å². The number of carboxylic acid groups (broad SMARTS) is 1. The number of aryl methyl sites for hydroxylation is 2. The molecular weight excluding hydrogens is 472 g/mol. The quantitative estimate of drug-likeness (QED) is 0.371. The van der Waals surface area contributed by atoms with E-state index < -0.39 is 5.97 Å². The van der Waals surface area contributed by atoms with Gasteiger partial charge in [-0.3, -0.25) is 9.59 Å². The van der Waals surface area contributed by atoms with E-state index in [1.165, 1.54) is 0 Å². The van der Waals surface area contributed by atoms with Crippen molar-refractivity contribution in [3.63, 3.8) is 0 Å². The molecule has 1 aliphatic heterocycles. The lowest BCUT2D eigenvalue weighted by Gasteiger charge is -2.37. The number of ketones is 1. The molecule has 1 N–H and O–H groups in total. The van der Waals surface area contributed by atoms with Crippen molar-refractivity contribution in [2.75, 3.05) is 18.0 Å². The molecule has 0 spiro atoms. The number of anilines is 1. The second kappa shape index (κ2) is 10.1. The van der Waals surface area contributed by atoms with Gasteiger partial charge in [0, 0.05) is 36.0 Å². The summed E-state index contributed by atoms with van der Waals surface area (Å²) in [6, 6.07) is 11.9. The third-order valence-corrected chi connectivity index (χ3v) is 8.65. The Balaban J connectivity index is 1.33. The maximum atomic E-state index is 11.7. The van der Waals surface area contributed by atoms with E-state index >= 15 is 0 Å². The highest BCUT2D eigenvalue weighted by atomic mass is 32.1. The fourth-order valence-electron chi connectivity index (χ4n) is 5.76. The number of hydrogen-bond acceptors (Lipinski definition) is 6. The molecule has 2 aromatic carbocycles. The zero-order valence-electron chi connectivity index (χ0n) is 21.0. The predicted octanol–water partition coefficient (Wildman–Crippen LogP) is 6.15. The van der Waals surface area contributed by atoms with Crippen LogP contribution in [0.15, 0.2) is 41.8 Å². The summed E-state index contributed by atoms with van der Waals surface area (Å²) in [5.74, 6) is 1.32. The smallest absolute Gasteiger partial charge is 0.303 e. The maximum Gasteiger partial charge on any atom is 0.303 e. The van der Waals surface area contributed by atoms with Gasteiger partial charge in [-0.1, -0.05) is 23.8 Å². The highest BCUT2D eigenvalue weighted by Gasteiger charge is 2.43. The zero-order chi connectivity index (χ0) is 25.4. The SMILES string of the molecule is CC(=O)c1ccc(COc2ccc(C)cc2-c2csc(N3C[C@H]4CC[C@@H](C3)C4CC(=O)O)n2)c(C)c1. The lowest BCUT2D eigenvalue weighted by atomic mass is 9.83. The number of carbonyl (C=O) groups excluding carboxylic acids is 1. The van der Waals surface area contributed by atoms with Crippen LogP contribution in [0.2, 0.25) is 0 Å². The molecule has 188 valence electrons. The molecule has 2 fully saturated rings. The number of benzene rings is 2. The fourth-order valence-corrected chi connectivity index (χ4v) is 6.61. The van der Waals surface area contributed by atoms with Crippen LogP contribution >= 0.6 is 11.3 Å². The van der Waals surface area contributed by atoms with Crippen LogP contribution in [-0.2, 0) is 11.4 Å². The van der Waals surface area contributed by atoms with Gasteiger partial charge in [0.2, 0.25) is 0 Å². The van der Waals surface area contributed by atoms with E-state index in [9.17, 15) is 14.7 Å². The molecule has 2 aliphatic rings. The number of ether oxygens (including phenoxy) is 1. The average molecular weight is 505 g/mol. The number of hydrogen-bond donors (Lipinski definition) is 1. The van der Waals surface area contributed by atoms with Gasteiger partial charge in [-0.05, 0) is 80.7 Å². The minimum absolute atomic E-state index is 0.0600. The number of fused-ring (bicyclic) bond motifs is 2. The van der Waals surface area contributed by atoms with Crippen LogP contribution in [0.1, 0.15) is 53.2 Å². The lowest BCUT2D eigenvalue weighted by Crippen LogP contribution is -2.42. The molecule has 7 heteroatoms. The third-order valence-electron chi connectivity index (χ3n) is 7.75. The molecule has 2 bridgehead atoms. The number of carboxylic acids is 1. The van der Waals surface area contributed by atoms with Crippen molar-refractivity contribution in [3.8, 4) is 17.0 Å². The molecular formula is C29H32N2O4S. The molecule has 1 aromatic heterocycles. The van der Waals surface area contributed by atoms with Crippen LogP contribution in [-0.4, -0.2) is 34.9 Å². The van der Waals surface area contributed by atoms with Gasteiger partial charge in [-0.15, -0.1) is 11.3 Å². The number of aromatic nitrogens is 1. The van der Waals surface area contributed by atoms with Gasteiger partial charge < -0.3 is 14.7 Å². The van der Waals surface area contributed by atoms with Crippen molar-refractivity contribution in [1.29, 1.82) is 0 Å². The number of nitrogens with zero attached hydrogens (tertiary/aromatic N) is 2. The highest BCUT2D eigenvalue weighted by molar-refractivity contribution is 7.14. The second-order valence-corrected chi connectivity index (χ2v) is 11.1. The van der Waals surface area contributed by atoms with Gasteiger partial charge in [0.25, 0.3) is 0 Å². The number of rotatable bonds is 8. The van der Waals surface area contributed by atoms with Gasteiger partial charge >= 0.3 is 5.97 Å². The minimum atomic E-state index is -0.682. The van der Waals surface area contributed by atoms with Gasteiger partial charge in [0.05, 0.1) is 5.69 Å². The highest BCUT2D eigenvalue weighted by Crippen LogP contribution is 2.45. The number of aliphatic carboxylic acids is 1. The minimum Gasteiger partial charge on any atom is -0.488 e. The van der Waals surface area contributed by atoms with Crippen LogP contribution < -0.4 is 9.64 Å². The Bertz CT molecular complexity index is 1290. The van der Waals surface area contributed by atoms with E-state index in [0.29, 0.717) is 29.9 Å². The van der Waals surface area contributed by atoms with E-state index in [-0.39, 0.29) is 12.2 Å². The first kappa shape index (κ1) is 24.5. The summed E-state index contributed by atoms with van der Waals surface area (Å²) in [6.07, 6.45) is 2.51. The summed E-state index contributed by atoms with van der Waals surface area (Å²) < 4.78 is 6.27. The molecule has 1 aliphatic carbocycles. The predicted molar refractivity (Wildman–Crippen MR) is 142 cm³/mol. The van der Waals surface area contributed by atoms with E-state index in [1.54, 1.807) is 18.3 Å². The fraction of sp³-hybridized carbons (Fsp3) is 0.414. The Kier molecular flexibility index (Phi) is 6.84. The molecule has 36 heavy (non-hydrogen) atoms. The molecule has 2 heterocycles. The molecule has 1 saturated heterocycles. The number of carbonyl (C=O) groups is 2. The van der Waals surface area contributed by atoms with Crippen LogP contribution in [0, 0.1) is 31.6 Å². The second-order valence-electron chi connectivity index (χ2n) is 10.3.